The van der Waals surface area contributed by atoms with Gasteiger partial charge in [-0.2, -0.15) is 0 Å². The van der Waals surface area contributed by atoms with Crippen molar-refractivity contribution >= 4 is 18.8 Å². The van der Waals surface area contributed by atoms with Crippen molar-refractivity contribution < 1.29 is 0 Å². The zero-order valence-electron chi connectivity index (χ0n) is 5.89. The lowest BCUT2D eigenvalue weighted by molar-refractivity contribution is 0.659. The van der Waals surface area contributed by atoms with Crippen molar-refractivity contribution in [3.63, 3.8) is 0 Å². The number of hydrogen-bond acceptors (Lipinski definition) is 2. The van der Waals surface area contributed by atoms with Crippen LogP contribution in [0.4, 0.5) is 0 Å². The average Bonchev–Trinajstić information content (AvgIpc) is 1.63. The van der Waals surface area contributed by atoms with Crippen LogP contribution in [-0.4, -0.2) is 6.21 Å². The van der Waals surface area contributed by atoms with Crippen molar-refractivity contribution in [2.45, 2.75) is 20.3 Å². The Balaban J connectivity index is 3.61. The third-order valence-electron chi connectivity index (χ3n) is 0.893. The minimum absolute atomic E-state index is 0.633. The maximum absolute atomic E-state index is 6.73. The predicted molar refractivity (Wildman–Crippen MR) is 45.3 cm³/mol. The third kappa shape index (κ3) is 5.63. The van der Waals surface area contributed by atoms with E-state index in [0.29, 0.717) is 5.92 Å². The second kappa shape index (κ2) is 4.62. The van der Waals surface area contributed by atoms with Crippen molar-refractivity contribution in [2.24, 2.45) is 5.92 Å². The maximum Gasteiger partial charge on any atom is 0.0185 e. The fourth-order valence-electron chi connectivity index (χ4n) is 0.583. The number of hydrogen-bond donors (Lipinski definition) is 2. The molecule has 0 spiro atoms. The van der Waals surface area contributed by atoms with E-state index in [1.807, 2.05) is 0 Å². The van der Waals surface area contributed by atoms with E-state index in [9.17, 15) is 0 Å². The van der Waals surface area contributed by atoms with Crippen LogP contribution in [-0.2, 0) is 0 Å². The Kier molecular flexibility index (Phi) is 4.50. The molecule has 1 N–H and O–H groups in total. The zero-order valence-corrected chi connectivity index (χ0v) is 6.78. The molecular weight excluding hydrogens is 130 g/mol. The van der Waals surface area contributed by atoms with Gasteiger partial charge in [-0.15, -0.1) is 12.6 Å². The standard InChI is InChI=1S/C7H13NS/c1-6(2)5-7(9)3-4-8/h3-4,6,8-9H,5H2,1-2H3/b7-3+,8-4?. The van der Waals surface area contributed by atoms with E-state index >= 15 is 0 Å². The Bertz CT molecular complexity index is 116. The summed E-state index contributed by atoms with van der Waals surface area (Å²) in [6.45, 7) is 4.27. The van der Waals surface area contributed by atoms with Gasteiger partial charge in [-0.05, 0) is 23.3 Å². The van der Waals surface area contributed by atoms with Gasteiger partial charge in [0.2, 0.25) is 0 Å². The molecular formula is C7H13NS. The van der Waals surface area contributed by atoms with E-state index in [1.54, 1.807) is 6.08 Å². The molecule has 0 unspecified atom stereocenters. The van der Waals surface area contributed by atoms with Crippen LogP contribution in [0.1, 0.15) is 20.3 Å². The van der Waals surface area contributed by atoms with Crippen LogP contribution in [0, 0.1) is 11.3 Å². The van der Waals surface area contributed by atoms with Gasteiger partial charge >= 0.3 is 0 Å². The molecule has 0 aromatic heterocycles. The smallest absolute Gasteiger partial charge is 0.0185 e. The fourth-order valence-corrected chi connectivity index (χ4v) is 1.02. The molecule has 0 aliphatic carbocycles. The summed E-state index contributed by atoms with van der Waals surface area (Å²) in [6.07, 6.45) is 3.95. The van der Waals surface area contributed by atoms with Crippen LogP contribution >= 0.6 is 12.6 Å². The van der Waals surface area contributed by atoms with Gasteiger partial charge < -0.3 is 5.41 Å². The van der Waals surface area contributed by atoms with Crippen molar-refractivity contribution in [1.29, 1.82) is 5.41 Å². The topological polar surface area (TPSA) is 23.9 Å². The minimum atomic E-state index is 0.633. The summed E-state index contributed by atoms with van der Waals surface area (Å²) in [6, 6.07) is 0. The van der Waals surface area contributed by atoms with Gasteiger partial charge in [-0.3, -0.25) is 0 Å². The Morgan fingerprint density at radius 2 is 2.22 bits per heavy atom. The van der Waals surface area contributed by atoms with Gasteiger partial charge in [0.05, 0.1) is 0 Å². The summed E-state index contributed by atoms with van der Waals surface area (Å²) in [5.41, 5.74) is 0. The van der Waals surface area contributed by atoms with Crippen molar-refractivity contribution in [1.82, 2.24) is 0 Å². The maximum atomic E-state index is 6.73. The van der Waals surface area contributed by atoms with E-state index in [0.717, 1.165) is 11.3 Å². The highest BCUT2D eigenvalue weighted by atomic mass is 32.1. The highest BCUT2D eigenvalue weighted by molar-refractivity contribution is 7.84. The lowest BCUT2D eigenvalue weighted by Gasteiger charge is -2.00. The minimum Gasteiger partial charge on any atom is -0.309 e. The van der Waals surface area contributed by atoms with Crippen molar-refractivity contribution in [2.75, 3.05) is 0 Å². The molecule has 0 radical (unpaired) electrons. The van der Waals surface area contributed by atoms with Crippen LogP contribution < -0.4 is 0 Å². The quantitative estimate of drug-likeness (QED) is 0.448. The first-order chi connectivity index (χ1) is 4.16. The second-order valence-electron chi connectivity index (χ2n) is 2.42. The summed E-state index contributed by atoms with van der Waals surface area (Å²) in [4.78, 5) is 0.986. The van der Waals surface area contributed by atoms with Crippen LogP contribution in [0.2, 0.25) is 0 Å². The average molecular weight is 143 g/mol. The van der Waals surface area contributed by atoms with E-state index in [-0.39, 0.29) is 0 Å². The van der Waals surface area contributed by atoms with Gasteiger partial charge in [0, 0.05) is 6.21 Å². The molecule has 0 aromatic rings. The van der Waals surface area contributed by atoms with E-state index in [4.69, 9.17) is 5.41 Å². The Morgan fingerprint density at radius 1 is 1.67 bits per heavy atom. The molecule has 0 atom stereocenters. The van der Waals surface area contributed by atoms with Crippen molar-refractivity contribution in [3.05, 3.63) is 11.0 Å². The van der Waals surface area contributed by atoms with Crippen LogP contribution in [0.3, 0.4) is 0 Å². The first-order valence-corrected chi connectivity index (χ1v) is 3.50. The van der Waals surface area contributed by atoms with Crippen molar-refractivity contribution in [3.8, 4) is 0 Å². The number of allylic oxidation sites excluding steroid dienone is 2. The van der Waals surface area contributed by atoms with Gasteiger partial charge in [0.1, 0.15) is 0 Å². The molecule has 52 valence electrons. The Labute approximate surface area is 62.1 Å². The Morgan fingerprint density at radius 3 is 2.56 bits per heavy atom. The van der Waals surface area contributed by atoms with Crippen LogP contribution in [0.25, 0.3) is 0 Å². The molecule has 0 heterocycles. The molecule has 0 aromatic carbocycles. The molecule has 0 rings (SSSR count). The first-order valence-electron chi connectivity index (χ1n) is 3.05. The molecule has 9 heavy (non-hydrogen) atoms. The summed E-state index contributed by atoms with van der Waals surface area (Å²) >= 11 is 4.16. The largest absolute Gasteiger partial charge is 0.309 e. The lowest BCUT2D eigenvalue weighted by Crippen LogP contribution is -1.85. The SMILES string of the molecule is CC(C)C/C(S)=C\C=N. The number of thiol groups is 1. The zero-order chi connectivity index (χ0) is 7.28. The molecule has 0 bridgehead atoms. The molecule has 0 fully saturated rings. The van der Waals surface area contributed by atoms with Gasteiger partial charge in [-0.25, -0.2) is 0 Å². The Hall–Kier alpha value is -0.240. The molecule has 1 nitrogen and oxygen atoms in total. The van der Waals surface area contributed by atoms with Crippen LogP contribution in [0.5, 0.6) is 0 Å². The molecule has 0 saturated heterocycles. The van der Waals surface area contributed by atoms with E-state index in [2.05, 4.69) is 26.5 Å². The van der Waals surface area contributed by atoms with Gasteiger partial charge in [-0.1, -0.05) is 13.8 Å². The highest BCUT2D eigenvalue weighted by Gasteiger charge is 1.93. The summed E-state index contributed by atoms with van der Waals surface area (Å²) in [5, 5.41) is 6.73. The van der Waals surface area contributed by atoms with E-state index in [1.165, 1.54) is 6.21 Å². The van der Waals surface area contributed by atoms with Crippen LogP contribution in [0.15, 0.2) is 11.0 Å². The summed E-state index contributed by atoms with van der Waals surface area (Å²) in [7, 11) is 0. The second-order valence-corrected chi connectivity index (χ2v) is 3.00. The third-order valence-corrected chi connectivity index (χ3v) is 1.22. The monoisotopic (exact) mass is 143 g/mol. The predicted octanol–water partition coefficient (Wildman–Crippen LogP) is 2.50. The number of nitrogens with one attached hydrogen (secondary N) is 1. The summed E-state index contributed by atoms with van der Waals surface area (Å²) in [5.74, 6) is 0.633. The molecule has 0 aliphatic rings. The van der Waals surface area contributed by atoms with Gasteiger partial charge in [0.25, 0.3) is 0 Å². The first kappa shape index (κ1) is 8.76. The highest BCUT2D eigenvalue weighted by Crippen LogP contribution is 2.12. The fraction of sp³-hybridized carbons (Fsp3) is 0.571. The lowest BCUT2D eigenvalue weighted by atomic mass is 10.1. The molecule has 0 saturated carbocycles. The number of rotatable bonds is 3. The summed E-state index contributed by atoms with van der Waals surface area (Å²) < 4.78 is 0. The normalized spacial score (nSPS) is 12.2. The van der Waals surface area contributed by atoms with Gasteiger partial charge in [0.15, 0.2) is 0 Å². The van der Waals surface area contributed by atoms with E-state index < -0.39 is 0 Å². The molecule has 0 aliphatic heterocycles. The molecule has 2 heteroatoms. The molecule has 0 amide bonds.